The van der Waals surface area contributed by atoms with Crippen LogP contribution in [0.4, 0.5) is 10.1 Å². The van der Waals surface area contributed by atoms with Gasteiger partial charge in [0, 0.05) is 18.8 Å². The van der Waals surface area contributed by atoms with Gasteiger partial charge in [0.2, 0.25) is 5.91 Å². The number of ether oxygens (including phenoxy) is 1. The summed E-state index contributed by atoms with van der Waals surface area (Å²) in [6.45, 7) is 6.85. The topological polar surface area (TPSA) is 41.6 Å². The van der Waals surface area contributed by atoms with E-state index < -0.39 is 11.9 Å². The SMILES string of the molecule is CC1CN(C(=O)C(C)Nc2ccc(F)c(Cl)c2)CC(C)O1. The van der Waals surface area contributed by atoms with Crippen LogP contribution in [-0.4, -0.2) is 42.1 Å². The third kappa shape index (κ3) is 4.08. The van der Waals surface area contributed by atoms with Gasteiger partial charge in [-0.3, -0.25) is 4.79 Å². The van der Waals surface area contributed by atoms with Gasteiger partial charge in [-0.1, -0.05) is 11.6 Å². The highest BCUT2D eigenvalue weighted by molar-refractivity contribution is 6.31. The molecule has 0 bridgehead atoms. The van der Waals surface area contributed by atoms with Gasteiger partial charge in [-0.15, -0.1) is 0 Å². The van der Waals surface area contributed by atoms with E-state index in [-0.39, 0.29) is 23.1 Å². The van der Waals surface area contributed by atoms with Gasteiger partial charge in [0.1, 0.15) is 11.9 Å². The lowest BCUT2D eigenvalue weighted by Gasteiger charge is -2.36. The zero-order chi connectivity index (χ0) is 15.6. The summed E-state index contributed by atoms with van der Waals surface area (Å²) in [6.07, 6.45) is 0.0651. The summed E-state index contributed by atoms with van der Waals surface area (Å²) < 4.78 is 18.7. The monoisotopic (exact) mass is 314 g/mol. The van der Waals surface area contributed by atoms with Gasteiger partial charge < -0.3 is 15.0 Å². The molecule has 0 radical (unpaired) electrons. The molecule has 1 heterocycles. The number of hydrogen-bond acceptors (Lipinski definition) is 3. The van der Waals surface area contributed by atoms with E-state index in [1.807, 2.05) is 13.8 Å². The van der Waals surface area contributed by atoms with Crippen molar-refractivity contribution in [2.45, 2.75) is 39.0 Å². The Morgan fingerprint density at radius 2 is 2.05 bits per heavy atom. The van der Waals surface area contributed by atoms with Gasteiger partial charge in [0.05, 0.1) is 17.2 Å². The molecule has 3 unspecified atom stereocenters. The molecule has 116 valence electrons. The summed E-state index contributed by atoms with van der Waals surface area (Å²) in [6, 6.07) is 3.91. The molecule has 21 heavy (non-hydrogen) atoms. The number of carbonyl (C=O) groups is 1. The molecule has 1 fully saturated rings. The van der Waals surface area contributed by atoms with Gasteiger partial charge >= 0.3 is 0 Å². The van der Waals surface area contributed by atoms with Gasteiger partial charge in [0.25, 0.3) is 0 Å². The molecule has 1 N–H and O–H groups in total. The fraction of sp³-hybridized carbons (Fsp3) is 0.533. The first-order chi connectivity index (χ1) is 9.86. The summed E-state index contributed by atoms with van der Waals surface area (Å²) >= 11 is 5.74. The normalized spacial score (nSPS) is 23.8. The fourth-order valence-electron chi connectivity index (χ4n) is 2.53. The van der Waals surface area contributed by atoms with E-state index in [9.17, 15) is 9.18 Å². The van der Waals surface area contributed by atoms with Crippen molar-refractivity contribution in [1.82, 2.24) is 4.90 Å². The first kappa shape index (κ1) is 16.0. The lowest BCUT2D eigenvalue weighted by molar-refractivity contribution is -0.143. The third-order valence-electron chi connectivity index (χ3n) is 3.40. The van der Waals surface area contributed by atoms with Crippen LogP contribution in [-0.2, 0) is 9.53 Å². The molecule has 2 rings (SSSR count). The van der Waals surface area contributed by atoms with Gasteiger partial charge in [-0.25, -0.2) is 4.39 Å². The Morgan fingerprint density at radius 1 is 1.43 bits per heavy atom. The lowest BCUT2D eigenvalue weighted by Crippen LogP contribution is -2.52. The van der Waals surface area contributed by atoms with Crippen LogP contribution in [0.15, 0.2) is 18.2 Å². The average molecular weight is 315 g/mol. The Kier molecular flexibility index (Phi) is 5.06. The zero-order valence-electron chi connectivity index (χ0n) is 12.4. The standard InChI is InChI=1S/C15H20ClFN2O2/c1-9-7-19(8-10(2)21-9)15(20)11(3)18-12-4-5-14(17)13(16)6-12/h4-6,9-11,18H,7-8H2,1-3H3. The smallest absolute Gasteiger partial charge is 0.244 e. The van der Waals surface area contributed by atoms with E-state index in [1.165, 1.54) is 12.1 Å². The molecule has 4 nitrogen and oxygen atoms in total. The number of anilines is 1. The highest BCUT2D eigenvalue weighted by atomic mass is 35.5. The molecule has 6 heteroatoms. The molecule has 1 aliphatic rings. The first-order valence-corrected chi connectivity index (χ1v) is 7.40. The maximum atomic E-state index is 13.1. The maximum absolute atomic E-state index is 13.1. The van der Waals surface area contributed by atoms with E-state index >= 15 is 0 Å². The number of nitrogens with one attached hydrogen (secondary N) is 1. The predicted octanol–water partition coefficient (Wildman–Crippen LogP) is 2.92. The third-order valence-corrected chi connectivity index (χ3v) is 3.69. The van der Waals surface area contributed by atoms with E-state index in [2.05, 4.69) is 5.32 Å². The number of hydrogen-bond donors (Lipinski definition) is 1. The number of halogens is 2. The molecule has 1 aromatic carbocycles. The van der Waals surface area contributed by atoms with Crippen molar-refractivity contribution in [3.05, 3.63) is 29.0 Å². The molecule has 0 aliphatic carbocycles. The minimum atomic E-state index is -0.475. The molecule has 1 aromatic rings. The highest BCUT2D eigenvalue weighted by Gasteiger charge is 2.28. The molecule has 0 saturated carbocycles. The van der Waals surface area contributed by atoms with Crippen LogP contribution in [0.1, 0.15) is 20.8 Å². The van der Waals surface area contributed by atoms with E-state index in [0.717, 1.165) is 0 Å². The Bertz CT molecular complexity index is 516. The van der Waals surface area contributed by atoms with E-state index in [4.69, 9.17) is 16.3 Å². The summed E-state index contributed by atoms with van der Waals surface area (Å²) in [7, 11) is 0. The molecule has 1 aliphatic heterocycles. The molecule has 1 saturated heterocycles. The summed E-state index contributed by atoms with van der Waals surface area (Å²) in [4.78, 5) is 14.2. The number of benzene rings is 1. The largest absolute Gasteiger partial charge is 0.374 e. The quantitative estimate of drug-likeness (QED) is 0.932. The number of amides is 1. The molecular formula is C15H20ClFN2O2. The Hall–Kier alpha value is -1.33. The minimum absolute atomic E-state index is 0.00236. The van der Waals surface area contributed by atoms with E-state index in [0.29, 0.717) is 18.8 Å². The van der Waals surface area contributed by atoms with Gasteiger partial charge in [0.15, 0.2) is 0 Å². The van der Waals surface area contributed by atoms with Crippen molar-refractivity contribution in [1.29, 1.82) is 0 Å². The summed E-state index contributed by atoms with van der Waals surface area (Å²) in [5.74, 6) is -0.477. The second-order valence-corrected chi connectivity index (χ2v) is 5.90. The summed E-state index contributed by atoms with van der Waals surface area (Å²) in [5, 5.41) is 3.09. The van der Waals surface area contributed by atoms with Crippen molar-refractivity contribution in [2.24, 2.45) is 0 Å². The second kappa shape index (κ2) is 6.62. The minimum Gasteiger partial charge on any atom is -0.374 e. The van der Waals surface area contributed by atoms with Crippen molar-refractivity contribution in [2.75, 3.05) is 18.4 Å². The first-order valence-electron chi connectivity index (χ1n) is 7.02. The number of rotatable bonds is 3. The van der Waals surface area contributed by atoms with Crippen molar-refractivity contribution >= 4 is 23.2 Å². The molecule has 1 amide bonds. The second-order valence-electron chi connectivity index (χ2n) is 5.50. The van der Waals surface area contributed by atoms with Crippen molar-refractivity contribution < 1.29 is 13.9 Å². The Balaban J connectivity index is 2.00. The summed E-state index contributed by atoms with van der Waals surface area (Å²) in [5.41, 5.74) is 0.622. The van der Waals surface area contributed by atoms with Gasteiger partial charge in [-0.05, 0) is 39.0 Å². The van der Waals surface area contributed by atoms with Gasteiger partial charge in [-0.2, -0.15) is 0 Å². The molecule has 3 atom stereocenters. The fourth-order valence-corrected chi connectivity index (χ4v) is 2.71. The molecular weight excluding hydrogens is 295 g/mol. The van der Waals surface area contributed by atoms with Crippen LogP contribution in [0.5, 0.6) is 0 Å². The van der Waals surface area contributed by atoms with Crippen LogP contribution in [0, 0.1) is 5.82 Å². The highest BCUT2D eigenvalue weighted by Crippen LogP contribution is 2.20. The Labute approximate surface area is 129 Å². The number of nitrogens with zero attached hydrogens (tertiary/aromatic N) is 1. The molecule has 0 spiro atoms. The van der Waals surface area contributed by atoms with Crippen LogP contribution in [0.2, 0.25) is 5.02 Å². The zero-order valence-corrected chi connectivity index (χ0v) is 13.2. The molecule has 0 aromatic heterocycles. The van der Waals surface area contributed by atoms with Crippen molar-refractivity contribution in [3.63, 3.8) is 0 Å². The van der Waals surface area contributed by atoms with Crippen molar-refractivity contribution in [3.8, 4) is 0 Å². The van der Waals surface area contributed by atoms with Crippen LogP contribution in [0.3, 0.4) is 0 Å². The Morgan fingerprint density at radius 3 is 2.62 bits per heavy atom. The lowest BCUT2D eigenvalue weighted by atomic mass is 10.2. The maximum Gasteiger partial charge on any atom is 0.244 e. The predicted molar refractivity (Wildman–Crippen MR) is 81.1 cm³/mol. The average Bonchev–Trinajstić information content (AvgIpc) is 2.41. The number of carbonyl (C=O) groups excluding carboxylic acids is 1. The van der Waals surface area contributed by atoms with E-state index in [1.54, 1.807) is 17.9 Å². The van der Waals surface area contributed by atoms with Crippen LogP contribution < -0.4 is 5.32 Å². The number of morpholine rings is 1. The van der Waals surface area contributed by atoms with Crippen LogP contribution >= 0.6 is 11.6 Å². The van der Waals surface area contributed by atoms with Crippen LogP contribution in [0.25, 0.3) is 0 Å².